The van der Waals surface area contributed by atoms with Crippen LogP contribution >= 0.6 is 23.1 Å². The van der Waals surface area contributed by atoms with Crippen LogP contribution in [0.1, 0.15) is 28.2 Å². The fraction of sp³-hybridized carbons (Fsp3) is 0.0833. The Balaban J connectivity index is 1.45. The Morgan fingerprint density at radius 3 is 2.13 bits per heavy atom. The fourth-order valence-electron chi connectivity index (χ4n) is 3.10. The number of hydrogen-bond donors (Lipinski definition) is 1. The molecular weight excluding hydrogens is 424 g/mol. The van der Waals surface area contributed by atoms with Gasteiger partial charge in [0.25, 0.3) is 0 Å². The molecule has 31 heavy (non-hydrogen) atoms. The second kappa shape index (κ2) is 10.0. The van der Waals surface area contributed by atoms with Crippen LogP contribution in [0.15, 0.2) is 89.3 Å². The number of amides is 1. The summed E-state index contributed by atoms with van der Waals surface area (Å²) < 4.78 is 0.774. The predicted molar refractivity (Wildman–Crippen MR) is 124 cm³/mol. The second-order valence-electron chi connectivity index (χ2n) is 6.71. The van der Waals surface area contributed by atoms with Crippen molar-refractivity contribution in [2.45, 2.75) is 16.0 Å². The predicted octanol–water partition coefficient (Wildman–Crippen LogP) is 5.47. The number of carbonyl (C=O) groups excluding carboxylic acids is 1. The highest BCUT2D eigenvalue weighted by Gasteiger charge is 2.23. The molecule has 0 radical (unpaired) electrons. The first-order chi connectivity index (χ1) is 15.2. The number of nitrogens with zero attached hydrogens (tertiary/aromatic N) is 3. The molecule has 7 heteroatoms. The van der Waals surface area contributed by atoms with Gasteiger partial charge in [-0.25, -0.2) is 0 Å². The minimum atomic E-state index is -0.430. The molecule has 0 saturated carbocycles. The Kier molecular flexibility index (Phi) is 6.72. The van der Waals surface area contributed by atoms with Crippen LogP contribution in [0.25, 0.3) is 0 Å². The highest BCUT2D eigenvalue weighted by molar-refractivity contribution is 8.00. The van der Waals surface area contributed by atoms with E-state index in [4.69, 9.17) is 5.26 Å². The molecule has 0 unspecified atom stereocenters. The number of carbonyl (C=O) groups is 1. The number of nitriles is 1. The van der Waals surface area contributed by atoms with E-state index in [1.54, 1.807) is 23.9 Å². The lowest BCUT2D eigenvalue weighted by atomic mass is 9.90. The van der Waals surface area contributed by atoms with E-state index >= 15 is 0 Å². The van der Waals surface area contributed by atoms with E-state index in [2.05, 4.69) is 21.6 Å². The van der Waals surface area contributed by atoms with Gasteiger partial charge in [-0.05, 0) is 28.8 Å². The average Bonchev–Trinajstić information content (AvgIpc) is 3.27. The van der Waals surface area contributed by atoms with Crippen molar-refractivity contribution in [3.05, 3.63) is 107 Å². The van der Waals surface area contributed by atoms with E-state index in [0.717, 1.165) is 21.0 Å². The summed E-state index contributed by atoms with van der Waals surface area (Å²) in [5.41, 5.74) is 3.58. The molecule has 3 aromatic carbocycles. The molecule has 0 saturated heterocycles. The number of hydrogen-bond acceptors (Lipinski definition) is 6. The normalized spacial score (nSPS) is 10.6. The third-order valence-electron chi connectivity index (χ3n) is 4.61. The molecule has 1 amide bonds. The number of rotatable bonds is 7. The lowest BCUT2D eigenvalue weighted by Crippen LogP contribution is -2.22. The number of benzene rings is 3. The maximum atomic E-state index is 13.2. The molecule has 0 atom stereocenters. The zero-order valence-corrected chi connectivity index (χ0v) is 18.1. The quantitative estimate of drug-likeness (QED) is 0.303. The molecule has 0 aliphatic rings. The Labute approximate surface area is 188 Å². The van der Waals surface area contributed by atoms with E-state index < -0.39 is 5.92 Å². The molecule has 0 bridgehead atoms. The van der Waals surface area contributed by atoms with Crippen molar-refractivity contribution in [3.63, 3.8) is 0 Å². The first-order valence-corrected chi connectivity index (χ1v) is 11.4. The smallest absolute Gasteiger partial charge is 0.238 e. The van der Waals surface area contributed by atoms with Gasteiger partial charge in [0.1, 0.15) is 0 Å². The van der Waals surface area contributed by atoms with E-state index in [-0.39, 0.29) is 5.91 Å². The number of nitrogens with one attached hydrogen (secondary N) is 1. The van der Waals surface area contributed by atoms with Crippen LogP contribution in [0.2, 0.25) is 0 Å². The van der Waals surface area contributed by atoms with Crippen molar-refractivity contribution < 1.29 is 4.79 Å². The maximum Gasteiger partial charge on any atom is 0.238 e. The van der Waals surface area contributed by atoms with Gasteiger partial charge in [0.15, 0.2) is 4.34 Å². The first-order valence-electron chi connectivity index (χ1n) is 9.59. The Hall–Kier alpha value is -3.47. The molecule has 4 aromatic rings. The third kappa shape index (κ3) is 5.37. The van der Waals surface area contributed by atoms with E-state index in [0.29, 0.717) is 16.4 Å². The van der Waals surface area contributed by atoms with Gasteiger partial charge in [-0.1, -0.05) is 95.9 Å². The molecule has 1 aromatic heterocycles. The van der Waals surface area contributed by atoms with E-state index in [1.165, 1.54) is 11.3 Å². The molecule has 1 heterocycles. The molecule has 5 nitrogen and oxygen atoms in total. The maximum absolute atomic E-state index is 13.2. The number of anilines is 1. The number of thioether (sulfide) groups is 1. The standard InChI is InChI=1S/C24H18N4OS2/c25-15-17-11-13-18(14-12-17)16-30-24-28-27-23(31-24)26-22(29)21(19-7-3-1-4-8-19)20-9-5-2-6-10-20/h1-14,21H,16H2,(H,26,27,29). The van der Waals surface area contributed by atoms with E-state index in [1.807, 2.05) is 72.8 Å². The molecule has 0 aliphatic carbocycles. The van der Waals surface area contributed by atoms with Gasteiger partial charge in [-0.3, -0.25) is 10.1 Å². The highest BCUT2D eigenvalue weighted by atomic mass is 32.2. The van der Waals surface area contributed by atoms with Gasteiger partial charge in [0, 0.05) is 5.75 Å². The highest BCUT2D eigenvalue weighted by Crippen LogP contribution is 2.30. The summed E-state index contributed by atoms with van der Waals surface area (Å²) in [5.74, 6) is 0.142. The van der Waals surface area contributed by atoms with Crippen LogP contribution in [-0.4, -0.2) is 16.1 Å². The van der Waals surface area contributed by atoms with Crippen molar-refractivity contribution in [1.82, 2.24) is 10.2 Å². The van der Waals surface area contributed by atoms with Gasteiger partial charge in [-0.15, -0.1) is 10.2 Å². The summed E-state index contributed by atoms with van der Waals surface area (Å²) in [6, 6.07) is 29.0. The van der Waals surface area contributed by atoms with Crippen molar-refractivity contribution in [1.29, 1.82) is 5.26 Å². The Bertz CT molecular complexity index is 1150. The minimum Gasteiger partial charge on any atom is -0.300 e. The largest absolute Gasteiger partial charge is 0.300 e. The molecule has 1 N–H and O–H groups in total. The summed E-state index contributed by atoms with van der Waals surface area (Å²) >= 11 is 2.90. The topological polar surface area (TPSA) is 78.7 Å². The summed E-state index contributed by atoms with van der Waals surface area (Å²) in [5, 5.41) is 20.6. The van der Waals surface area contributed by atoms with Crippen LogP contribution in [0, 0.1) is 11.3 Å². The zero-order chi connectivity index (χ0) is 21.5. The Morgan fingerprint density at radius 2 is 1.55 bits per heavy atom. The molecule has 0 aliphatic heterocycles. The summed E-state index contributed by atoms with van der Waals surface area (Å²) in [6.07, 6.45) is 0. The summed E-state index contributed by atoms with van der Waals surface area (Å²) in [4.78, 5) is 13.2. The van der Waals surface area contributed by atoms with E-state index in [9.17, 15) is 4.79 Å². The lowest BCUT2D eigenvalue weighted by molar-refractivity contribution is -0.116. The average molecular weight is 443 g/mol. The lowest BCUT2D eigenvalue weighted by Gasteiger charge is -2.16. The summed E-state index contributed by atoms with van der Waals surface area (Å²) in [7, 11) is 0. The van der Waals surface area contributed by atoms with Crippen LogP contribution in [0.4, 0.5) is 5.13 Å². The van der Waals surface area contributed by atoms with Crippen LogP contribution in [0.3, 0.4) is 0 Å². The van der Waals surface area contributed by atoms with Gasteiger partial charge in [0.2, 0.25) is 11.0 Å². The van der Waals surface area contributed by atoms with Crippen LogP contribution in [-0.2, 0) is 10.5 Å². The van der Waals surface area contributed by atoms with Crippen LogP contribution in [0.5, 0.6) is 0 Å². The first kappa shape index (κ1) is 20.8. The fourth-order valence-corrected chi connectivity index (χ4v) is 4.81. The SMILES string of the molecule is N#Cc1ccc(CSc2nnc(NC(=O)C(c3ccccc3)c3ccccc3)s2)cc1. The molecule has 4 rings (SSSR count). The van der Waals surface area contributed by atoms with Gasteiger partial charge in [-0.2, -0.15) is 5.26 Å². The second-order valence-corrected chi connectivity index (χ2v) is 8.91. The van der Waals surface area contributed by atoms with Crippen molar-refractivity contribution in [2.75, 3.05) is 5.32 Å². The molecule has 152 valence electrons. The van der Waals surface area contributed by atoms with Gasteiger partial charge >= 0.3 is 0 Å². The summed E-state index contributed by atoms with van der Waals surface area (Å²) in [6.45, 7) is 0. The third-order valence-corrected chi connectivity index (χ3v) is 6.65. The van der Waals surface area contributed by atoms with Gasteiger partial charge in [0.05, 0.1) is 17.6 Å². The van der Waals surface area contributed by atoms with Crippen LogP contribution < -0.4 is 5.32 Å². The molecular formula is C24H18N4OS2. The molecule has 0 fully saturated rings. The minimum absolute atomic E-state index is 0.141. The molecule has 0 spiro atoms. The van der Waals surface area contributed by atoms with Crippen molar-refractivity contribution in [2.24, 2.45) is 0 Å². The van der Waals surface area contributed by atoms with Crippen molar-refractivity contribution in [3.8, 4) is 6.07 Å². The van der Waals surface area contributed by atoms with Crippen molar-refractivity contribution >= 4 is 34.1 Å². The number of aromatic nitrogens is 2. The van der Waals surface area contributed by atoms with Gasteiger partial charge < -0.3 is 0 Å². The zero-order valence-electron chi connectivity index (χ0n) is 16.4. The monoisotopic (exact) mass is 442 g/mol. The Morgan fingerprint density at radius 1 is 0.935 bits per heavy atom.